The van der Waals surface area contributed by atoms with Crippen molar-refractivity contribution in [3.8, 4) is 5.75 Å². The summed E-state index contributed by atoms with van der Waals surface area (Å²) in [5.74, 6) is 0.536. The predicted octanol–water partition coefficient (Wildman–Crippen LogP) is 5.23. The second-order valence-electron chi connectivity index (χ2n) is 7.37. The Morgan fingerprint density at radius 2 is 1.93 bits per heavy atom. The van der Waals surface area contributed by atoms with Crippen LogP contribution in [0.1, 0.15) is 22.3 Å². The molecule has 0 saturated carbocycles. The molecule has 0 radical (unpaired) electrons. The summed E-state index contributed by atoms with van der Waals surface area (Å²) in [7, 11) is 0. The molecule has 0 spiro atoms. The summed E-state index contributed by atoms with van der Waals surface area (Å²) in [4.78, 5) is 23.8. The van der Waals surface area contributed by atoms with E-state index < -0.39 is 0 Å². The van der Waals surface area contributed by atoms with Crippen LogP contribution < -0.4 is 9.64 Å². The van der Waals surface area contributed by atoms with Crippen molar-refractivity contribution < 1.29 is 9.53 Å². The summed E-state index contributed by atoms with van der Waals surface area (Å²) < 4.78 is 6.87. The third-order valence-electron chi connectivity index (χ3n) is 4.76. The van der Waals surface area contributed by atoms with E-state index in [1.165, 1.54) is 16.9 Å². The van der Waals surface area contributed by atoms with Crippen LogP contribution in [0, 0.1) is 20.8 Å². The lowest BCUT2D eigenvalue weighted by atomic mass is 10.1. The predicted molar refractivity (Wildman–Crippen MR) is 121 cm³/mol. The van der Waals surface area contributed by atoms with Crippen LogP contribution in [0.25, 0.3) is 10.2 Å². The Kier molecular flexibility index (Phi) is 5.77. The summed E-state index contributed by atoms with van der Waals surface area (Å²) in [5, 5.41) is 0.667. The van der Waals surface area contributed by atoms with E-state index in [-0.39, 0.29) is 12.5 Å². The summed E-state index contributed by atoms with van der Waals surface area (Å²) in [6, 6.07) is 15.7. The molecule has 6 heteroatoms. The van der Waals surface area contributed by atoms with Gasteiger partial charge in [-0.15, -0.1) is 0 Å². The molecule has 4 rings (SSSR count). The maximum atomic E-state index is 13.2. The van der Waals surface area contributed by atoms with Crippen molar-refractivity contribution in [1.82, 2.24) is 9.97 Å². The highest BCUT2D eigenvalue weighted by atomic mass is 32.1. The Bertz CT molecular complexity index is 1190. The molecule has 30 heavy (non-hydrogen) atoms. The van der Waals surface area contributed by atoms with Crippen molar-refractivity contribution in [1.29, 1.82) is 0 Å². The van der Waals surface area contributed by atoms with Gasteiger partial charge in [0.25, 0.3) is 5.91 Å². The monoisotopic (exact) mass is 417 g/mol. The minimum Gasteiger partial charge on any atom is -0.484 e. The van der Waals surface area contributed by atoms with E-state index in [1.807, 2.05) is 43.3 Å². The fourth-order valence-electron chi connectivity index (χ4n) is 3.35. The van der Waals surface area contributed by atoms with Crippen molar-refractivity contribution in [2.45, 2.75) is 27.3 Å². The van der Waals surface area contributed by atoms with Gasteiger partial charge in [0.1, 0.15) is 5.75 Å². The minimum absolute atomic E-state index is 0.0579. The Hall–Kier alpha value is -3.25. The van der Waals surface area contributed by atoms with Gasteiger partial charge in [-0.25, -0.2) is 4.98 Å². The second kappa shape index (κ2) is 8.63. The zero-order valence-electron chi connectivity index (χ0n) is 17.3. The number of carbonyl (C=O) groups is 1. The molecule has 0 aliphatic rings. The third kappa shape index (κ3) is 4.49. The molecular weight excluding hydrogens is 394 g/mol. The largest absolute Gasteiger partial charge is 0.484 e. The number of anilines is 1. The number of fused-ring (bicyclic) bond motifs is 1. The number of thiazole rings is 1. The minimum atomic E-state index is -0.145. The molecule has 0 atom stereocenters. The lowest BCUT2D eigenvalue weighted by Gasteiger charge is -2.20. The van der Waals surface area contributed by atoms with Crippen LogP contribution >= 0.6 is 11.3 Å². The van der Waals surface area contributed by atoms with Gasteiger partial charge in [0.2, 0.25) is 0 Å². The standard InChI is InChI=1S/C24H23N3O2S/c1-16-6-4-8-20(11-16)29-15-22(28)27(14-19-7-5-9-25-13-19)24-26-21-12-17(2)10-18(3)23(21)30-24/h4-13H,14-15H2,1-3H3. The van der Waals surface area contributed by atoms with Gasteiger partial charge >= 0.3 is 0 Å². The first kappa shape index (κ1) is 20.0. The zero-order valence-corrected chi connectivity index (χ0v) is 18.1. The number of benzene rings is 2. The summed E-state index contributed by atoms with van der Waals surface area (Å²) in [5.41, 5.74) is 5.26. The maximum absolute atomic E-state index is 13.2. The van der Waals surface area contributed by atoms with Gasteiger partial charge in [-0.1, -0.05) is 35.6 Å². The molecule has 0 aliphatic carbocycles. The normalized spacial score (nSPS) is 10.9. The van der Waals surface area contributed by atoms with Crippen molar-refractivity contribution in [3.63, 3.8) is 0 Å². The topological polar surface area (TPSA) is 55.3 Å². The molecule has 0 saturated heterocycles. The first-order valence-electron chi connectivity index (χ1n) is 9.76. The number of nitrogens with zero attached hydrogens (tertiary/aromatic N) is 3. The lowest BCUT2D eigenvalue weighted by Crippen LogP contribution is -2.34. The van der Waals surface area contributed by atoms with Crippen LogP contribution in [-0.4, -0.2) is 22.5 Å². The second-order valence-corrected chi connectivity index (χ2v) is 8.35. The quantitative estimate of drug-likeness (QED) is 0.431. The van der Waals surface area contributed by atoms with Crippen LogP contribution in [0.15, 0.2) is 60.9 Å². The molecule has 0 N–H and O–H groups in total. The zero-order chi connectivity index (χ0) is 21.1. The third-order valence-corrected chi connectivity index (χ3v) is 5.99. The molecule has 2 aromatic heterocycles. The summed E-state index contributed by atoms with van der Waals surface area (Å²) in [6.45, 7) is 6.46. The fraction of sp³-hybridized carbons (Fsp3) is 0.208. The molecule has 0 bridgehead atoms. The molecule has 0 fully saturated rings. The van der Waals surface area contributed by atoms with Crippen LogP contribution in [0.4, 0.5) is 5.13 Å². The van der Waals surface area contributed by atoms with E-state index in [0.29, 0.717) is 17.4 Å². The van der Waals surface area contributed by atoms with Gasteiger partial charge in [0.15, 0.2) is 11.7 Å². The van der Waals surface area contributed by atoms with Crippen molar-refractivity contribution in [2.24, 2.45) is 0 Å². The highest BCUT2D eigenvalue weighted by molar-refractivity contribution is 7.22. The van der Waals surface area contributed by atoms with E-state index in [1.54, 1.807) is 17.3 Å². The number of ether oxygens (including phenoxy) is 1. The van der Waals surface area contributed by atoms with Crippen LogP contribution in [0.3, 0.4) is 0 Å². The molecule has 0 aliphatic heterocycles. The smallest absolute Gasteiger partial charge is 0.267 e. The Balaban J connectivity index is 1.64. The summed E-state index contributed by atoms with van der Waals surface area (Å²) >= 11 is 1.53. The van der Waals surface area contributed by atoms with E-state index in [9.17, 15) is 4.79 Å². The van der Waals surface area contributed by atoms with Gasteiger partial charge in [0.05, 0.1) is 16.8 Å². The van der Waals surface area contributed by atoms with E-state index >= 15 is 0 Å². The van der Waals surface area contributed by atoms with Crippen molar-refractivity contribution >= 4 is 32.6 Å². The van der Waals surface area contributed by atoms with Gasteiger partial charge < -0.3 is 4.74 Å². The molecule has 5 nitrogen and oxygen atoms in total. The molecule has 2 aromatic carbocycles. The highest BCUT2D eigenvalue weighted by Crippen LogP contribution is 2.33. The lowest BCUT2D eigenvalue weighted by molar-refractivity contribution is -0.120. The number of hydrogen-bond donors (Lipinski definition) is 0. The van der Waals surface area contributed by atoms with Gasteiger partial charge in [-0.3, -0.25) is 14.7 Å². The maximum Gasteiger partial charge on any atom is 0.267 e. The summed E-state index contributed by atoms with van der Waals surface area (Å²) in [6.07, 6.45) is 3.49. The van der Waals surface area contributed by atoms with Crippen LogP contribution in [0.2, 0.25) is 0 Å². The van der Waals surface area contributed by atoms with Gasteiger partial charge in [-0.05, 0) is 67.3 Å². The first-order valence-corrected chi connectivity index (χ1v) is 10.6. The Labute approximate surface area is 180 Å². The SMILES string of the molecule is Cc1cccc(OCC(=O)N(Cc2cccnc2)c2nc3cc(C)cc(C)c3s2)c1. The number of aryl methyl sites for hydroxylation is 3. The van der Waals surface area contributed by atoms with E-state index in [4.69, 9.17) is 9.72 Å². The molecule has 0 unspecified atom stereocenters. The molecule has 152 valence electrons. The van der Waals surface area contributed by atoms with Gasteiger partial charge in [-0.2, -0.15) is 0 Å². The molecule has 4 aromatic rings. The average Bonchev–Trinajstić information content (AvgIpc) is 3.15. The number of pyridine rings is 1. The first-order chi connectivity index (χ1) is 14.5. The highest BCUT2D eigenvalue weighted by Gasteiger charge is 2.21. The number of aromatic nitrogens is 2. The van der Waals surface area contributed by atoms with E-state index in [0.717, 1.165) is 26.9 Å². The van der Waals surface area contributed by atoms with Crippen LogP contribution in [-0.2, 0) is 11.3 Å². The number of hydrogen-bond acceptors (Lipinski definition) is 5. The Morgan fingerprint density at radius 3 is 2.70 bits per heavy atom. The number of amides is 1. The number of carbonyl (C=O) groups excluding carboxylic acids is 1. The molecular formula is C24H23N3O2S. The number of rotatable bonds is 6. The Morgan fingerprint density at radius 1 is 1.07 bits per heavy atom. The molecule has 2 heterocycles. The van der Waals surface area contributed by atoms with Crippen LogP contribution in [0.5, 0.6) is 5.75 Å². The van der Waals surface area contributed by atoms with Crippen molar-refractivity contribution in [2.75, 3.05) is 11.5 Å². The van der Waals surface area contributed by atoms with E-state index in [2.05, 4.69) is 31.0 Å². The fourth-order valence-corrected chi connectivity index (χ4v) is 4.38. The van der Waals surface area contributed by atoms with Gasteiger partial charge in [0, 0.05) is 12.4 Å². The molecule has 1 amide bonds. The van der Waals surface area contributed by atoms with Crippen molar-refractivity contribution in [3.05, 3.63) is 83.2 Å². The average molecular weight is 418 g/mol.